The van der Waals surface area contributed by atoms with Crippen LogP contribution in [0.5, 0.6) is 0 Å². The summed E-state index contributed by atoms with van der Waals surface area (Å²) in [6.45, 7) is 5.15. The van der Waals surface area contributed by atoms with Crippen LogP contribution in [-0.2, 0) is 4.79 Å². The van der Waals surface area contributed by atoms with Crippen molar-refractivity contribution in [2.75, 3.05) is 19.6 Å². The maximum atomic E-state index is 11.6. The SMILES string of the molecule is CCCC(=O)N1C[C@@H]2CCN[C@@H]2C1. The van der Waals surface area contributed by atoms with Crippen LogP contribution < -0.4 is 5.32 Å². The highest BCUT2D eigenvalue weighted by atomic mass is 16.2. The van der Waals surface area contributed by atoms with Crippen LogP contribution in [0.4, 0.5) is 0 Å². The first-order chi connectivity index (χ1) is 6.31. The van der Waals surface area contributed by atoms with Crippen molar-refractivity contribution >= 4 is 5.91 Å². The second-order valence-electron chi connectivity index (χ2n) is 4.16. The predicted molar refractivity (Wildman–Crippen MR) is 51.4 cm³/mol. The van der Waals surface area contributed by atoms with Gasteiger partial charge in [0.1, 0.15) is 0 Å². The number of fused-ring (bicyclic) bond motifs is 1. The third-order valence-corrected chi connectivity index (χ3v) is 3.18. The molecule has 0 aliphatic carbocycles. The molecule has 0 unspecified atom stereocenters. The molecular weight excluding hydrogens is 164 g/mol. The largest absolute Gasteiger partial charge is 0.341 e. The molecule has 2 rings (SSSR count). The van der Waals surface area contributed by atoms with Gasteiger partial charge in [0.2, 0.25) is 5.91 Å². The number of nitrogens with zero attached hydrogens (tertiary/aromatic N) is 1. The Hall–Kier alpha value is -0.570. The summed E-state index contributed by atoms with van der Waals surface area (Å²) in [7, 11) is 0. The molecule has 2 aliphatic rings. The Bertz CT molecular complexity index is 193. The predicted octanol–water partition coefficient (Wildman–Crippen LogP) is 0.607. The summed E-state index contributed by atoms with van der Waals surface area (Å²) in [4.78, 5) is 13.6. The summed E-state index contributed by atoms with van der Waals surface area (Å²) < 4.78 is 0. The molecule has 0 aromatic rings. The van der Waals surface area contributed by atoms with Crippen molar-refractivity contribution in [3.05, 3.63) is 0 Å². The summed E-state index contributed by atoms with van der Waals surface area (Å²) >= 11 is 0. The van der Waals surface area contributed by atoms with Gasteiger partial charge in [-0.3, -0.25) is 4.79 Å². The van der Waals surface area contributed by atoms with E-state index in [9.17, 15) is 4.79 Å². The standard InChI is InChI=1S/C10H18N2O/c1-2-3-10(13)12-6-8-4-5-11-9(8)7-12/h8-9,11H,2-7H2,1H3/t8-,9+/m0/s1. The molecule has 0 aromatic heterocycles. The molecule has 3 nitrogen and oxygen atoms in total. The van der Waals surface area contributed by atoms with E-state index in [1.807, 2.05) is 4.90 Å². The molecular formula is C10H18N2O. The Morgan fingerprint density at radius 1 is 1.54 bits per heavy atom. The van der Waals surface area contributed by atoms with Crippen molar-refractivity contribution in [1.82, 2.24) is 10.2 Å². The van der Waals surface area contributed by atoms with E-state index in [0.717, 1.165) is 38.4 Å². The molecule has 0 radical (unpaired) electrons. The number of amides is 1. The van der Waals surface area contributed by atoms with Crippen molar-refractivity contribution in [2.24, 2.45) is 5.92 Å². The maximum Gasteiger partial charge on any atom is 0.222 e. The van der Waals surface area contributed by atoms with Crippen LogP contribution in [0.3, 0.4) is 0 Å². The number of nitrogens with one attached hydrogen (secondary N) is 1. The maximum absolute atomic E-state index is 11.6. The summed E-state index contributed by atoms with van der Waals surface area (Å²) in [6, 6.07) is 0.598. The van der Waals surface area contributed by atoms with Gasteiger partial charge in [0, 0.05) is 25.6 Å². The van der Waals surface area contributed by atoms with E-state index in [1.165, 1.54) is 6.42 Å². The van der Waals surface area contributed by atoms with Crippen LogP contribution >= 0.6 is 0 Å². The van der Waals surface area contributed by atoms with Gasteiger partial charge >= 0.3 is 0 Å². The van der Waals surface area contributed by atoms with Crippen molar-refractivity contribution in [1.29, 1.82) is 0 Å². The van der Waals surface area contributed by atoms with Crippen LogP contribution in [0.2, 0.25) is 0 Å². The highest BCUT2D eigenvalue weighted by Crippen LogP contribution is 2.24. The van der Waals surface area contributed by atoms with Crippen molar-refractivity contribution in [3.63, 3.8) is 0 Å². The fraction of sp³-hybridized carbons (Fsp3) is 0.900. The average Bonchev–Trinajstić information content (AvgIpc) is 2.61. The molecule has 2 heterocycles. The van der Waals surface area contributed by atoms with Crippen LogP contribution in [0.25, 0.3) is 0 Å². The first kappa shape index (κ1) is 9.00. The molecule has 74 valence electrons. The number of carbonyl (C=O) groups is 1. The lowest BCUT2D eigenvalue weighted by Gasteiger charge is -2.16. The molecule has 0 aromatic carbocycles. The molecule has 0 bridgehead atoms. The minimum absolute atomic E-state index is 0.346. The smallest absolute Gasteiger partial charge is 0.222 e. The van der Waals surface area contributed by atoms with E-state index >= 15 is 0 Å². The minimum Gasteiger partial charge on any atom is -0.341 e. The van der Waals surface area contributed by atoms with Crippen LogP contribution in [0.15, 0.2) is 0 Å². The zero-order valence-corrected chi connectivity index (χ0v) is 8.25. The Balaban J connectivity index is 1.87. The van der Waals surface area contributed by atoms with E-state index in [-0.39, 0.29) is 0 Å². The molecule has 2 atom stereocenters. The van der Waals surface area contributed by atoms with Gasteiger partial charge in [-0.25, -0.2) is 0 Å². The Kier molecular flexibility index (Phi) is 2.54. The lowest BCUT2D eigenvalue weighted by atomic mass is 10.1. The van der Waals surface area contributed by atoms with Gasteiger partial charge in [0.05, 0.1) is 0 Å². The number of rotatable bonds is 2. The first-order valence-electron chi connectivity index (χ1n) is 5.32. The van der Waals surface area contributed by atoms with Crippen LogP contribution in [0.1, 0.15) is 26.2 Å². The van der Waals surface area contributed by atoms with Crippen LogP contribution in [0, 0.1) is 5.92 Å². The zero-order valence-electron chi connectivity index (χ0n) is 8.25. The van der Waals surface area contributed by atoms with Gasteiger partial charge in [-0.1, -0.05) is 6.92 Å². The Labute approximate surface area is 79.5 Å². The van der Waals surface area contributed by atoms with Gasteiger partial charge in [-0.15, -0.1) is 0 Å². The van der Waals surface area contributed by atoms with E-state index in [4.69, 9.17) is 0 Å². The molecule has 0 spiro atoms. The fourth-order valence-corrected chi connectivity index (χ4v) is 2.42. The zero-order chi connectivity index (χ0) is 9.26. The molecule has 2 fully saturated rings. The summed E-state index contributed by atoms with van der Waals surface area (Å²) in [5.41, 5.74) is 0. The molecule has 2 aliphatic heterocycles. The topological polar surface area (TPSA) is 32.3 Å². The molecule has 1 amide bonds. The number of hydrogen-bond donors (Lipinski definition) is 1. The van der Waals surface area contributed by atoms with Gasteiger partial charge in [-0.2, -0.15) is 0 Å². The molecule has 0 saturated carbocycles. The lowest BCUT2D eigenvalue weighted by molar-refractivity contribution is -0.130. The molecule has 13 heavy (non-hydrogen) atoms. The van der Waals surface area contributed by atoms with E-state index in [0.29, 0.717) is 11.9 Å². The quantitative estimate of drug-likeness (QED) is 0.678. The normalized spacial score (nSPS) is 32.2. The molecule has 2 saturated heterocycles. The Morgan fingerprint density at radius 3 is 3.08 bits per heavy atom. The third-order valence-electron chi connectivity index (χ3n) is 3.18. The van der Waals surface area contributed by atoms with Crippen molar-refractivity contribution < 1.29 is 4.79 Å². The van der Waals surface area contributed by atoms with E-state index in [2.05, 4.69) is 12.2 Å². The van der Waals surface area contributed by atoms with Crippen molar-refractivity contribution in [3.8, 4) is 0 Å². The van der Waals surface area contributed by atoms with Crippen molar-refractivity contribution in [2.45, 2.75) is 32.2 Å². The summed E-state index contributed by atoms with van der Waals surface area (Å²) in [5.74, 6) is 1.08. The summed E-state index contributed by atoms with van der Waals surface area (Å²) in [5, 5.41) is 3.45. The second-order valence-corrected chi connectivity index (χ2v) is 4.16. The number of hydrogen-bond acceptors (Lipinski definition) is 2. The van der Waals surface area contributed by atoms with Gasteiger partial charge in [-0.05, 0) is 25.3 Å². The third kappa shape index (κ3) is 1.70. The average molecular weight is 182 g/mol. The number of carbonyl (C=O) groups excluding carboxylic acids is 1. The molecule has 3 heteroatoms. The second kappa shape index (κ2) is 3.66. The first-order valence-corrected chi connectivity index (χ1v) is 5.32. The molecule has 1 N–H and O–H groups in total. The summed E-state index contributed by atoms with van der Waals surface area (Å²) in [6.07, 6.45) is 2.94. The van der Waals surface area contributed by atoms with Crippen LogP contribution in [-0.4, -0.2) is 36.5 Å². The van der Waals surface area contributed by atoms with Gasteiger partial charge < -0.3 is 10.2 Å². The Morgan fingerprint density at radius 2 is 2.38 bits per heavy atom. The highest BCUT2D eigenvalue weighted by Gasteiger charge is 2.37. The van der Waals surface area contributed by atoms with Gasteiger partial charge in [0.25, 0.3) is 0 Å². The monoisotopic (exact) mass is 182 g/mol. The van der Waals surface area contributed by atoms with E-state index < -0.39 is 0 Å². The van der Waals surface area contributed by atoms with E-state index in [1.54, 1.807) is 0 Å². The van der Waals surface area contributed by atoms with Gasteiger partial charge in [0.15, 0.2) is 0 Å². The lowest BCUT2D eigenvalue weighted by Crippen LogP contribution is -2.33. The number of likely N-dealkylation sites (tertiary alicyclic amines) is 1. The minimum atomic E-state index is 0.346. The highest BCUT2D eigenvalue weighted by molar-refractivity contribution is 5.76. The fourth-order valence-electron chi connectivity index (χ4n) is 2.42.